The summed E-state index contributed by atoms with van der Waals surface area (Å²) in [6.07, 6.45) is -1.25. The van der Waals surface area contributed by atoms with Gasteiger partial charge in [-0.25, -0.2) is 0 Å². The molecule has 0 aromatic heterocycles. The maximum absolute atomic E-state index is 12.1. The number of hydrogen-bond donors (Lipinski definition) is 4. The van der Waals surface area contributed by atoms with Crippen molar-refractivity contribution in [1.82, 2.24) is 0 Å². The van der Waals surface area contributed by atoms with Gasteiger partial charge in [-0.2, -0.15) is 0 Å². The molecule has 2 heterocycles. The molecule has 0 unspecified atom stereocenters. The zero-order valence-corrected chi connectivity index (χ0v) is 17.1. The van der Waals surface area contributed by atoms with Gasteiger partial charge in [-0.05, 0) is 44.8 Å². The quantitative estimate of drug-likeness (QED) is 0.388. The fourth-order valence-electron chi connectivity index (χ4n) is 4.22. The average molecular weight is 412 g/mol. The molecule has 0 aromatic carbocycles. The highest BCUT2D eigenvalue weighted by molar-refractivity contribution is 5.75. The number of carbonyl (C=O) groups is 1. The van der Waals surface area contributed by atoms with E-state index < -0.39 is 43.4 Å². The Labute approximate surface area is 170 Å². The Hall–Kier alpha value is -1.29. The molecular weight excluding hydrogens is 380 g/mol. The van der Waals surface area contributed by atoms with Crippen molar-refractivity contribution in [2.75, 3.05) is 6.61 Å². The molecule has 2 fully saturated rings. The molecule has 1 aliphatic carbocycles. The lowest BCUT2D eigenvalue weighted by Gasteiger charge is -2.41. The van der Waals surface area contributed by atoms with Crippen LogP contribution in [0.3, 0.4) is 0 Å². The molecule has 29 heavy (non-hydrogen) atoms. The van der Waals surface area contributed by atoms with Gasteiger partial charge < -0.3 is 34.6 Å². The molecule has 0 bridgehead atoms. The van der Waals surface area contributed by atoms with Crippen LogP contribution in [0.4, 0.5) is 0 Å². The Morgan fingerprint density at radius 3 is 2.59 bits per heavy atom. The normalized spacial score (nSPS) is 43.8. The number of rotatable bonds is 3. The van der Waals surface area contributed by atoms with Crippen molar-refractivity contribution in [3.8, 4) is 0 Å². The van der Waals surface area contributed by atoms with Crippen LogP contribution in [0.2, 0.25) is 0 Å². The third kappa shape index (κ3) is 4.73. The Morgan fingerprint density at radius 2 is 1.90 bits per heavy atom. The number of aliphatic hydroxyl groups excluding tert-OH is 4. The minimum atomic E-state index is -1.49. The second kappa shape index (κ2) is 9.24. The van der Waals surface area contributed by atoms with Crippen molar-refractivity contribution < 1.29 is 39.4 Å². The molecule has 164 valence electrons. The summed E-state index contributed by atoms with van der Waals surface area (Å²) in [4.78, 5) is 12.1. The lowest BCUT2D eigenvalue weighted by Crippen LogP contribution is -2.59. The zero-order chi connectivity index (χ0) is 21.3. The lowest BCUT2D eigenvalue weighted by atomic mass is 9.84. The van der Waals surface area contributed by atoms with E-state index in [0.29, 0.717) is 6.42 Å². The monoisotopic (exact) mass is 412 g/mol. The van der Waals surface area contributed by atoms with Gasteiger partial charge in [-0.3, -0.25) is 4.79 Å². The van der Waals surface area contributed by atoms with Crippen LogP contribution in [0.15, 0.2) is 23.3 Å². The van der Waals surface area contributed by atoms with Gasteiger partial charge in [0, 0.05) is 5.92 Å². The molecule has 0 spiro atoms. The highest BCUT2D eigenvalue weighted by Crippen LogP contribution is 2.36. The predicted molar refractivity (Wildman–Crippen MR) is 103 cm³/mol. The van der Waals surface area contributed by atoms with Crippen molar-refractivity contribution in [3.63, 3.8) is 0 Å². The fourth-order valence-corrected chi connectivity index (χ4v) is 4.22. The van der Waals surface area contributed by atoms with Gasteiger partial charge >= 0.3 is 5.97 Å². The van der Waals surface area contributed by atoms with Crippen LogP contribution in [-0.4, -0.2) is 75.9 Å². The van der Waals surface area contributed by atoms with Gasteiger partial charge in [0.05, 0.1) is 18.6 Å². The summed E-state index contributed by atoms with van der Waals surface area (Å²) < 4.78 is 17.0. The van der Waals surface area contributed by atoms with E-state index in [1.807, 2.05) is 26.8 Å². The molecule has 0 saturated carbocycles. The van der Waals surface area contributed by atoms with Crippen LogP contribution >= 0.6 is 0 Å². The summed E-state index contributed by atoms with van der Waals surface area (Å²) in [5.74, 6) is -0.274. The Kier molecular flexibility index (Phi) is 7.14. The van der Waals surface area contributed by atoms with Crippen molar-refractivity contribution in [1.29, 1.82) is 0 Å². The summed E-state index contributed by atoms with van der Waals surface area (Å²) >= 11 is 0. The summed E-state index contributed by atoms with van der Waals surface area (Å²) in [6, 6.07) is 0. The number of fused-ring (bicyclic) bond motifs is 1. The number of ether oxygens (including phenoxy) is 3. The van der Waals surface area contributed by atoms with Gasteiger partial charge in [-0.1, -0.05) is 18.6 Å². The molecule has 0 radical (unpaired) electrons. The minimum absolute atomic E-state index is 0.0896. The standard InChI is InChI=1S/C21H32O8/c1-10-4-6-13-12(3)20(26)27-15(13)8-11(2)14(7-5-10)28-21-19(25)18(24)17(23)16(9-22)29-21/h5,8,12-19,21-25H,4,6-7,9H2,1-3H3/t12-,13+,14+,15-,16-,17-,18+,19-,21-/m1/s1. The van der Waals surface area contributed by atoms with Crippen molar-refractivity contribution in [2.24, 2.45) is 11.8 Å². The highest BCUT2D eigenvalue weighted by Gasteiger charge is 2.45. The number of hydrogen-bond acceptors (Lipinski definition) is 8. The highest BCUT2D eigenvalue weighted by atomic mass is 16.7. The third-order valence-electron chi connectivity index (χ3n) is 6.32. The average Bonchev–Trinajstić information content (AvgIpc) is 2.95. The molecule has 9 atom stereocenters. The second-order valence-corrected chi connectivity index (χ2v) is 8.41. The molecule has 8 nitrogen and oxygen atoms in total. The van der Waals surface area contributed by atoms with Gasteiger partial charge in [0.15, 0.2) is 6.29 Å². The van der Waals surface area contributed by atoms with Gasteiger partial charge in [0.25, 0.3) is 0 Å². The molecule has 8 heteroatoms. The summed E-state index contributed by atoms with van der Waals surface area (Å²) in [5.41, 5.74) is 2.00. The number of carbonyl (C=O) groups excluding carboxylic acids is 1. The first-order valence-corrected chi connectivity index (χ1v) is 10.2. The molecule has 2 saturated heterocycles. The van der Waals surface area contributed by atoms with Crippen LogP contribution in [0.5, 0.6) is 0 Å². The third-order valence-corrected chi connectivity index (χ3v) is 6.32. The van der Waals surface area contributed by atoms with Crippen LogP contribution in [-0.2, 0) is 19.0 Å². The maximum atomic E-state index is 12.1. The van der Waals surface area contributed by atoms with E-state index >= 15 is 0 Å². The van der Waals surface area contributed by atoms with E-state index in [9.17, 15) is 25.2 Å². The molecule has 4 N–H and O–H groups in total. The van der Waals surface area contributed by atoms with Gasteiger partial charge in [-0.15, -0.1) is 0 Å². The van der Waals surface area contributed by atoms with E-state index in [1.54, 1.807) is 0 Å². The van der Waals surface area contributed by atoms with Crippen LogP contribution in [0.25, 0.3) is 0 Å². The Morgan fingerprint density at radius 1 is 1.17 bits per heavy atom. The minimum Gasteiger partial charge on any atom is -0.458 e. The van der Waals surface area contributed by atoms with E-state index in [1.165, 1.54) is 5.57 Å². The van der Waals surface area contributed by atoms with Gasteiger partial charge in [0.1, 0.15) is 30.5 Å². The van der Waals surface area contributed by atoms with E-state index in [4.69, 9.17) is 14.2 Å². The zero-order valence-electron chi connectivity index (χ0n) is 17.1. The summed E-state index contributed by atoms with van der Waals surface area (Å²) in [5, 5.41) is 39.6. The number of esters is 1. The molecule has 2 aliphatic heterocycles. The Bertz CT molecular complexity index is 657. The van der Waals surface area contributed by atoms with E-state index in [0.717, 1.165) is 18.4 Å². The number of aliphatic hydroxyl groups is 4. The van der Waals surface area contributed by atoms with E-state index in [2.05, 4.69) is 6.08 Å². The van der Waals surface area contributed by atoms with Crippen molar-refractivity contribution in [3.05, 3.63) is 23.3 Å². The Balaban J connectivity index is 1.82. The fraction of sp³-hybridized carbons (Fsp3) is 0.762. The first kappa shape index (κ1) is 22.4. The van der Waals surface area contributed by atoms with Crippen molar-refractivity contribution in [2.45, 2.75) is 82.9 Å². The lowest BCUT2D eigenvalue weighted by molar-refractivity contribution is -0.308. The topological polar surface area (TPSA) is 126 Å². The molecule has 0 amide bonds. The number of allylic oxidation sites excluding steroid dienone is 1. The van der Waals surface area contributed by atoms with E-state index in [-0.39, 0.29) is 23.9 Å². The predicted octanol–water partition coefficient (Wildman–Crippen LogP) is 0.426. The molecule has 0 aromatic rings. The smallest absolute Gasteiger partial charge is 0.309 e. The van der Waals surface area contributed by atoms with Crippen LogP contribution in [0.1, 0.15) is 40.0 Å². The SMILES string of the molecule is CC1=CC[C@H](O[C@@H]2O[C@H](CO)[C@@H](O)[C@H](O)[C@H]2O)C(C)=C[C@H]2OC(=O)[C@H](C)[C@@H]2CC1. The summed E-state index contributed by atoms with van der Waals surface area (Å²) in [6.45, 7) is 5.28. The largest absolute Gasteiger partial charge is 0.458 e. The summed E-state index contributed by atoms with van der Waals surface area (Å²) in [7, 11) is 0. The molecule has 3 aliphatic rings. The van der Waals surface area contributed by atoms with Crippen LogP contribution in [0, 0.1) is 11.8 Å². The molecule has 3 rings (SSSR count). The molecular formula is C21H32O8. The van der Waals surface area contributed by atoms with Gasteiger partial charge in [0.2, 0.25) is 0 Å². The van der Waals surface area contributed by atoms with Crippen LogP contribution < -0.4 is 0 Å². The van der Waals surface area contributed by atoms with Crippen molar-refractivity contribution >= 4 is 5.97 Å². The first-order valence-electron chi connectivity index (χ1n) is 10.2. The maximum Gasteiger partial charge on any atom is 0.309 e. The first-order chi connectivity index (χ1) is 13.7. The second-order valence-electron chi connectivity index (χ2n) is 8.41.